The molecule has 0 bridgehead atoms. The number of hydrogen-bond donors (Lipinski definition) is 2. The van der Waals surface area contributed by atoms with E-state index in [0.717, 1.165) is 64.2 Å². The summed E-state index contributed by atoms with van der Waals surface area (Å²) in [6.45, 7) is 3.66. The van der Waals surface area contributed by atoms with Gasteiger partial charge in [-0.2, -0.15) is 0 Å². The summed E-state index contributed by atoms with van der Waals surface area (Å²) in [7, 11) is -4.39. The topological polar surface area (TPSA) is 134 Å². The van der Waals surface area contributed by atoms with E-state index in [1.165, 1.54) is 238 Å². The molecule has 0 saturated carbocycles. The fourth-order valence-corrected chi connectivity index (χ4v) is 10.6. The number of phosphoric ester groups is 1. The lowest BCUT2D eigenvalue weighted by Crippen LogP contribution is -2.29. The summed E-state index contributed by atoms with van der Waals surface area (Å²) in [6.07, 6.45) is 79.4. The first-order valence-corrected chi connectivity index (χ1v) is 34.6. The summed E-state index contributed by atoms with van der Waals surface area (Å²) >= 11 is 0. The normalized spacial score (nSPS) is 13.2. The molecular weight excluding hydrogens is 978 g/mol. The Bertz CT molecular complexity index is 1400. The van der Waals surface area contributed by atoms with Gasteiger partial charge < -0.3 is 20.1 Å². The van der Waals surface area contributed by atoms with Crippen LogP contribution < -0.4 is 5.73 Å². The zero-order valence-electron chi connectivity index (χ0n) is 50.7. The van der Waals surface area contributed by atoms with Gasteiger partial charge in [-0.25, -0.2) is 4.57 Å². The third-order valence-corrected chi connectivity index (χ3v) is 15.7. The second-order valence-electron chi connectivity index (χ2n) is 22.3. The van der Waals surface area contributed by atoms with Crippen LogP contribution in [0.1, 0.15) is 335 Å². The molecule has 0 aliphatic rings. The molecule has 0 spiro atoms. The number of carbonyl (C=O) groups excluding carboxylic acids is 2. The van der Waals surface area contributed by atoms with Gasteiger partial charge in [0, 0.05) is 19.4 Å². The number of nitrogens with two attached hydrogens (primary N) is 1. The molecule has 0 rings (SSSR count). The van der Waals surface area contributed by atoms with Crippen molar-refractivity contribution in [1.29, 1.82) is 0 Å². The molecule has 0 aromatic heterocycles. The van der Waals surface area contributed by atoms with E-state index < -0.39 is 26.5 Å². The van der Waals surface area contributed by atoms with E-state index >= 15 is 0 Å². The first-order chi connectivity index (χ1) is 37.8. The lowest BCUT2D eigenvalue weighted by atomic mass is 10.0. The molecule has 2 atom stereocenters. The van der Waals surface area contributed by atoms with Crippen LogP contribution in [-0.4, -0.2) is 49.3 Å². The smallest absolute Gasteiger partial charge is 0.462 e. The van der Waals surface area contributed by atoms with Crippen molar-refractivity contribution in [3.63, 3.8) is 0 Å². The molecule has 0 aromatic carbocycles. The van der Waals surface area contributed by atoms with Crippen LogP contribution in [0.15, 0.2) is 48.6 Å². The van der Waals surface area contributed by atoms with Gasteiger partial charge >= 0.3 is 19.8 Å². The minimum Gasteiger partial charge on any atom is -0.462 e. The molecule has 0 radical (unpaired) electrons. The number of carbonyl (C=O) groups is 2. The van der Waals surface area contributed by atoms with Gasteiger partial charge in [0.25, 0.3) is 0 Å². The van der Waals surface area contributed by atoms with E-state index in [-0.39, 0.29) is 38.6 Å². The van der Waals surface area contributed by atoms with Crippen molar-refractivity contribution in [3.05, 3.63) is 48.6 Å². The summed E-state index contributed by atoms with van der Waals surface area (Å²) in [5, 5.41) is 0. The maximum absolute atomic E-state index is 12.7. The highest BCUT2D eigenvalue weighted by molar-refractivity contribution is 7.47. The number of esters is 2. The van der Waals surface area contributed by atoms with Gasteiger partial charge in [-0.1, -0.05) is 300 Å². The van der Waals surface area contributed by atoms with Gasteiger partial charge in [-0.05, 0) is 70.6 Å². The summed E-state index contributed by atoms with van der Waals surface area (Å²) in [6, 6.07) is 0. The molecular formula is C67H126NO8P. The van der Waals surface area contributed by atoms with Crippen LogP contribution in [-0.2, 0) is 32.7 Å². The highest BCUT2D eigenvalue weighted by atomic mass is 31.2. The maximum atomic E-state index is 12.7. The molecule has 0 aliphatic heterocycles. The van der Waals surface area contributed by atoms with E-state index in [0.29, 0.717) is 6.42 Å². The minimum absolute atomic E-state index is 0.0519. The summed E-state index contributed by atoms with van der Waals surface area (Å²) in [4.78, 5) is 35.2. The first-order valence-electron chi connectivity index (χ1n) is 33.1. The van der Waals surface area contributed by atoms with Crippen molar-refractivity contribution in [2.75, 3.05) is 26.4 Å². The van der Waals surface area contributed by atoms with Crippen LogP contribution in [0.3, 0.4) is 0 Å². The van der Waals surface area contributed by atoms with Crippen molar-refractivity contribution in [3.8, 4) is 0 Å². The summed E-state index contributed by atoms with van der Waals surface area (Å²) in [5.74, 6) is -0.826. The Morgan fingerprint density at radius 3 is 1.08 bits per heavy atom. The number of allylic oxidation sites excluding steroid dienone is 8. The van der Waals surface area contributed by atoms with Gasteiger partial charge in [0.2, 0.25) is 0 Å². The number of ether oxygens (including phenoxy) is 2. The molecule has 452 valence electrons. The molecule has 2 unspecified atom stereocenters. The third-order valence-electron chi connectivity index (χ3n) is 14.7. The Labute approximate surface area is 477 Å². The standard InChI is InChI=1S/C67H126NO8P/c1-3-5-7-9-11-13-15-17-19-21-22-23-24-25-26-27-28-29-30-31-32-33-34-35-36-37-38-39-40-41-42-44-45-47-49-51-53-55-57-59-66(69)73-63-65(64-75-77(71,72)74-62-61-68)76-67(70)60-58-56-54-52-50-48-46-43-20-18-16-14-12-10-8-6-4-2/h6,8,12,14,18,20-22,65H,3-5,7,9-11,13,15-17,19,23-64,68H2,1-2H3,(H,71,72)/b8-6-,14-12-,20-18-,22-21-. The van der Waals surface area contributed by atoms with Crippen LogP contribution in [0.25, 0.3) is 0 Å². The van der Waals surface area contributed by atoms with Crippen LogP contribution >= 0.6 is 7.82 Å². The lowest BCUT2D eigenvalue weighted by Gasteiger charge is -2.19. The van der Waals surface area contributed by atoms with Gasteiger partial charge in [-0.3, -0.25) is 18.6 Å². The molecule has 0 saturated heterocycles. The van der Waals surface area contributed by atoms with Crippen LogP contribution in [0.4, 0.5) is 0 Å². The van der Waals surface area contributed by atoms with E-state index in [2.05, 4.69) is 62.5 Å². The van der Waals surface area contributed by atoms with Crippen molar-refractivity contribution in [1.82, 2.24) is 0 Å². The molecule has 0 aliphatic carbocycles. The lowest BCUT2D eigenvalue weighted by molar-refractivity contribution is -0.161. The maximum Gasteiger partial charge on any atom is 0.472 e. The average molecular weight is 1100 g/mol. The van der Waals surface area contributed by atoms with Gasteiger partial charge in [0.1, 0.15) is 6.61 Å². The van der Waals surface area contributed by atoms with Crippen molar-refractivity contribution in [2.24, 2.45) is 5.73 Å². The van der Waals surface area contributed by atoms with Gasteiger partial charge in [0.15, 0.2) is 6.10 Å². The van der Waals surface area contributed by atoms with Crippen molar-refractivity contribution in [2.45, 2.75) is 341 Å². The van der Waals surface area contributed by atoms with E-state index in [1.54, 1.807) is 0 Å². The Morgan fingerprint density at radius 2 is 0.714 bits per heavy atom. The molecule has 9 nitrogen and oxygen atoms in total. The highest BCUT2D eigenvalue weighted by Gasteiger charge is 2.26. The van der Waals surface area contributed by atoms with E-state index in [1.807, 2.05) is 0 Å². The Hall–Kier alpha value is -2.03. The van der Waals surface area contributed by atoms with Gasteiger partial charge in [0.05, 0.1) is 13.2 Å². The first kappa shape index (κ1) is 75.0. The zero-order chi connectivity index (χ0) is 55.9. The number of hydrogen-bond acceptors (Lipinski definition) is 8. The van der Waals surface area contributed by atoms with Gasteiger partial charge in [-0.15, -0.1) is 0 Å². The Morgan fingerprint density at radius 1 is 0.403 bits per heavy atom. The van der Waals surface area contributed by atoms with E-state index in [9.17, 15) is 19.0 Å². The fourth-order valence-electron chi connectivity index (χ4n) is 9.83. The molecule has 0 fully saturated rings. The van der Waals surface area contributed by atoms with Crippen molar-refractivity contribution >= 4 is 19.8 Å². The second-order valence-corrected chi connectivity index (χ2v) is 23.8. The predicted octanol–water partition coefficient (Wildman–Crippen LogP) is 21.3. The molecule has 10 heteroatoms. The van der Waals surface area contributed by atoms with Crippen LogP contribution in [0.2, 0.25) is 0 Å². The largest absolute Gasteiger partial charge is 0.472 e. The third kappa shape index (κ3) is 63.0. The minimum atomic E-state index is -4.39. The quantitative estimate of drug-likeness (QED) is 0.0264. The summed E-state index contributed by atoms with van der Waals surface area (Å²) in [5.41, 5.74) is 5.38. The molecule has 3 N–H and O–H groups in total. The number of phosphoric acid groups is 1. The molecule has 0 aromatic rings. The fraction of sp³-hybridized carbons (Fsp3) is 0.851. The molecule has 77 heavy (non-hydrogen) atoms. The van der Waals surface area contributed by atoms with Crippen LogP contribution in [0, 0.1) is 0 Å². The number of rotatable bonds is 63. The number of unbranched alkanes of at least 4 members (excludes halogenated alkanes) is 42. The molecule has 0 heterocycles. The van der Waals surface area contributed by atoms with Crippen molar-refractivity contribution < 1.29 is 37.6 Å². The highest BCUT2D eigenvalue weighted by Crippen LogP contribution is 2.43. The Balaban J connectivity index is 3.74. The monoisotopic (exact) mass is 1100 g/mol. The zero-order valence-corrected chi connectivity index (χ0v) is 51.6. The van der Waals surface area contributed by atoms with E-state index in [4.69, 9.17) is 24.3 Å². The Kier molecular flexibility index (Phi) is 61.5. The predicted molar refractivity (Wildman–Crippen MR) is 330 cm³/mol. The second kappa shape index (κ2) is 63.2. The molecule has 0 amide bonds. The van der Waals surface area contributed by atoms with Crippen LogP contribution in [0.5, 0.6) is 0 Å². The SMILES string of the molecule is CC/C=C\C/C=C\C/C=C\CCCCCCCCCC(=O)OC(COC(=O)CCCCCCCCCCCCCCCCCCCCCCCCCCCCC/C=C\CCCCCCCCCC)COP(=O)(O)OCCN. The summed E-state index contributed by atoms with van der Waals surface area (Å²) < 4.78 is 33.1. The average Bonchev–Trinajstić information content (AvgIpc) is 3.42.